The molecular formula is C14H12N2O2S. The molecule has 0 aliphatic carbocycles. The Morgan fingerprint density at radius 2 is 2.32 bits per heavy atom. The molecular weight excluding hydrogens is 260 g/mol. The predicted molar refractivity (Wildman–Crippen MR) is 70.8 cm³/mol. The zero-order valence-electron chi connectivity index (χ0n) is 10.1. The highest BCUT2D eigenvalue weighted by Gasteiger charge is 2.44. The molecule has 2 atom stereocenters. The van der Waals surface area contributed by atoms with E-state index in [1.54, 1.807) is 10.9 Å². The van der Waals surface area contributed by atoms with Gasteiger partial charge in [-0.1, -0.05) is 18.2 Å². The van der Waals surface area contributed by atoms with Crippen molar-refractivity contribution < 1.29 is 9.84 Å². The van der Waals surface area contributed by atoms with E-state index in [9.17, 15) is 10.4 Å². The fourth-order valence-corrected chi connectivity index (χ4v) is 2.91. The second-order valence-electron chi connectivity index (χ2n) is 4.66. The van der Waals surface area contributed by atoms with Gasteiger partial charge in [-0.05, 0) is 11.6 Å². The highest BCUT2D eigenvalue weighted by molar-refractivity contribution is 7.07. The lowest BCUT2D eigenvalue weighted by atomic mass is 9.76. The van der Waals surface area contributed by atoms with Crippen LogP contribution < -0.4 is 4.74 Å². The summed E-state index contributed by atoms with van der Waals surface area (Å²) < 4.78 is 5.64. The normalized spacial score (nSPS) is 22.9. The molecule has 2 unspecified atom stereocenters. The number of nitrogens with zero attached hydrogens (tertiary/aromatic N) is 2. The van der Waals surface area contributed by atoms with Gasteiger partial charge in [0.15, 0.2) is 0 Å². The number of thiazole rings is 1. The molecule has 0 fully saturated rings. The van der Waals surface area contributed by atoms with Crippen molar-refractivity contribution in [3.63, 3.8) is 0 Å². The van der Waals surface area contributed by atoms with Gasteiger partial charge in [0.25, 0.3) is 0 Å². The third-order valence-electron chi connectivity index (χ3n) is 3.44. The number of aromatic nitrogens is 1. The molecule has 0 saturated carbocycles. The number of fused-ring (bicyclic) bond motifs is 1. The van der Waals surface area contributed by atoms with Crippen LogP contribution in [0.5, 0.6) is 5.75 Å². The van der Waals surface area contributed by atoms with Gasteiger partial charge in [0, 0.05) is 11.8 Å². The van der Waals surface area contributed by atoms with Crippen LogP contribution in [0.1, 0.15) is 17.4 Å². The Morgan fingerprint density at radius 3 is 3.05 bits per heavy atom. The fraction of sp³-hybridized carbons (Fsp3) is 0.286. The summed E-state index contributed by atoms with van der Waals surface area (Å²) in [7, 11) is 0. The van der Waals surface area contributed by atoms with Gasteiger partial charge < -0.3 is 9.84 Å². The van der Waals surface area contributed by atoms with Gasteiger partial charge >= 0.3 is 0 Å². The van der Waals surface area contributed by atoms with Crippen LogP contribution in [0.25, 0.3) is 0 Å². The SMILES string of the molecule is N#CC1(C(O)c2cscn2)COc2ccccc2C1. The summed E-state index contributed by atoms with van der Waals surface area (Å²) in [4.78, 5) is 4.10. The van der Waals surface area contributed by atoms with E-state index in [4.69, 9.17) is 4.74 Å². The standard InChI is InChI=1S/C14H12N2O2S/c15-7-14(13(17)11-6-19-9-16-11)5-10-3-1-2-4-12(10)18-8-14/h1-4,6,9,13,17H,5,8H2. The Kier molecular flexibility index (Phi) is 2.97. The maximum Gasteiger partial charge on any atom is 0.127 e. The summed E-state index contributed by atoms with van der Waals surface area (Å²) in [5, 5.41) is 21.7. The number of hydrogen-bond acceptors (Lipinski definition) is 5. The molecule has 4 nitrogen and oxygen atoms in total. The predicted octanol–water partition coefficient (Wildman–Crippen LogP) is 2.32. The smallest absolute Gasteiger partial charge is 0.127 e. The van der Waals surface area contributed by atoms with E-state index in [1.807, 2.05) is 24.3 Å². The number of hydrogen-bond donors (Lipinski definition) is 1. The molecule has 96 valence electrons. The molecule has 1 aliphatic heterocycles. The van der Waals surface area contributed by atoms with Crippen LogP contribution >= 0.6 is 11.3 Å². The molecule has 1 aliphatic rings. The van der Waals surface area contributed by atoms with E-state index in [0.29, 0.717) is 12.1 Å². The third kappa shape index (κ3) is 1.99. The van der Waals surface area contributed by atoms with Crippen molar-refractivity contribution in [2.45, 2.75) is 12.5 Å². The van der Waals surface area contributed by atoms with E-state index in [-0.39, 0.29) is 6.61 Å². The lowest BCUT2D eigenvalue weighted by Gasteiger charge is -2.35. The van der Waals surface area contributed by atoms with Gasteiger partial charge in [0.2, 0.25) is 0 Å². The van der Waals surface area contributed by atoms with Crippen molar-refractivity contribution in [3.8, 4) is 11.8 Å². The number of benzene rings is 1. The van der Waals surface area contributed by atoms with E-state index in [1.165, 1.54) is 11.3 Å². The fourth-order valence-electron chi connectivity index (χ4n) is 2.34. The van der Waals surface area contributed by atoms with Crippen molar-refractivity contribution in [2.24, 2.45) is 5.41 Å². The maximum atomic E-state index is 10.5. The van der Waals surface area contributed by atoms with Crippen LogP contribution in [0, 0.1) is 16.7 Å². The molecule has 5 heteroatoms. The molecule has 2 heterocycles. The highest BCUT2D eigenvalue weighted by Crippen LogP contribution is 2.42. The number of para-hydroxylation sites is 1. The first-order valence-corrected chi connectivity index (χ1v) is 6.87. The molecule has 0 saturated heterocycles. The molecule has 0 amide bonds. The van der Waals surface area contributed by atoms with E-state index in [2.05, 4.69) is 11.1 Å². The molecule has 1 aromatic heterocycles. The largest absolute Gasteiger partial charge is 0.492 e. The van der Waals surface area contributed by atoms with Gasteiger partial charge in [0.05, 0.1) is 17.3 Å². The van der Waals surface area contributed by atoms with Crippen LogP contribution in [0.2, 0.25) is 0 Å². The molecule has 1 aromatic carbocycles. The average molecular weight is 272 g/mol. The first-order chi connectivity index (χ1) is 9.25. The summed E-state index contributed by atoms with van der Waals surface area (Å²) in [6.07, 6.45) is -0.463. The summed E-state index contributed by atoms with van der Waals surface area (Å²) >= 11 is 1.41. The molecule has 0 spiro atoms. The van der Waals surface area contributed by atoms with E-state index < -0.39 is 11.5 Å². The molecule has 0 radical (unpaired) electrons. The van der Waals surface area contributed by atoms with Crippen molar-refractivity contribution in [3.05, 3.63) is 46.4 Å². The lowest BCUT2D eigenvalue weighted by molar-refractivity contribution is 0.0148. The average Bonchev–Trinajstić information content (AvgIpc) is 3.00. The minimum Gasteiger partial charge on any atom is -0.492 e. The quantitative estimate of drug-likeness (QED) is 0.911. The Bertz CT molecular complexity index is 621. The van der Waals surface area contributed by atoms with Gasteiger partial charge in [-0.15, -0.1) is 11.3 Å². The summed E-state index contributed by atoms with van der Waals surface area (Å²) in [5.74, 6) is 0.791. The van der Waals surface area contributed by atoms with Gasteiger partial charge in [-0.3, -0.25) is 0 Å². The van der Waals surface area contributed by atoms with Crippen molar-refractivity contribution in [1.29, 1.82) is 5.26 Å². The second kappa shape index (κ2) is 4.65. The Morgan fingerprint density at radius 1 is 1.47 bits per heavy atom. The third-order valence-corrected chi connectivity index (χ3v) is 4.05. The van der Waals surface area contributed by atoms with Crippen molar-refractivity contribution in [1.82, 2.24) is 4.98 Å². The van der Waals surface area contributed by atoms with Gasteiger partial charge in [-0.2, -0.15) is 5.26 Å². The molecule has 19 heavy (non-hydrogen) atoms. The number of aliphatic hydroxyl groups is 1. The summed E-state index contributed by atoms with van der Waals surface area (Å²) in [5.41, 5.74) is 2.17. The molecule has 0 bridgehead atoms. The van der Waals surface area contributed by atoms with Crippen LogP contribution in [0.3, 0.4) is 0 Å². The molecule has 3 rings (SSSR count). The second-order valence-corrected chi connectivity index (χ2v) is 5.38. The van der Waals surface area contributed by atoms with Crippen LogP contribution in [0.15, 0.2) is 35.2 Å². The minimum atomic E-state index is -0.970. The van der Waals surface area contributed by atoms with Crippen LogP contribution in [-0.2, 0) is 6.42 Å². The van der Waals surface area contributed by atoms with Crippen LogP contribution in [-0.4, -0.2) is 16.7 Å². The summed E-state index contributed by atoms with van der Waals surface area (Å²) in [6.45, 7) is 0.180. The number of aliphatic hydroxyl groups excluding tert-OH is 1. The van der Waals surface area contributed by atoms with Gasteiger partial charge in [-0.25, -0.2) is 4.98 Å². The first kappa shape index (κ1) is 12.2. The first-order valence-electron chi connectivity index (χ1n) is 5.93. The van der Waals surface area contributed by atoms with Crippen molar-refractivity contribution >= 4 is 11.3 Å². The number of nitriles is 1. The lowest BCUT2D eigenvalue weighted by Crippen LogP contribution is -2.39. The van der Waals surface area contributed by atoms with E-state index >= 15 is 0 Å². The Hall–Kier alpha value is -1.90. The Labute approximate surface area is 114 Å². The Balaban J connectivity index is 1.97. The monoisotopic (exact) mass is 272 g/mol. The van der Waals surface area contributed by atoms with Crippen LogP contribution in [0.4, 0.5) is 0 Å². The molecule has 1 N–H and O–H groups in total. The van der Waals surface area contributed by atoms with Crippen molar-refractivity contribution in [2.75, 3.05) is 6.61 Å². The highest BCUT2D eigenvalue weighted by atomic mass is 32.1. The minimum absolute atomic E-state index is 0.180. The van der Waals surface area contributed by atoms with E-state index in [0.717, 1.165) is 11.3 Å². The maximum absolute atomic E-state index is 10.5. The molecule has 2 aromatic rings. The number of ether oxygens (including phenoxy) is 1. The summed E-state index contributed by atoms with van der Waals surface area (Å²) in [6, 6.07) is 9.85. The topological polar surface area (TPSA) is 66.1 Å². The zero-order valence-corrected chi connectivity index (χ0v) is 10.9. The zero-order chi connectivity index (χ0) is 13.3. The van der Waals surface area contributed by atoms with Gasteiger partial charge in [0.1, 0.15) is 23.9 Å². The number of rotatable bonds is 2.